The van der Waals surface area contributed by atoms with Gasteiger partial charge in [-0.05, 0) is 6.07 Å². The molecule has 27 heavy (non-hydrogen) atoms. The van der Waals surface area contributed by atoms with Crippen molar-refractivity contribution in [3.8, 4) is 5.75 Å². The standard InChI is InChI=1S/C15H15Cl2FN2O6S/c1-24-14-8(16)5-4-7(12(14)18)9-6-10(20-26-27(3,22)23)11(17)13(19-9)15(21)25-2/h4-5,9,19H,6H2,1-3H3/b20-10+. The predicted molar refractivity (Wildman–Crippen MR) is 96.7 cm³/mol. The largest absolute Gasteiger partial charge is 0.492 e. The van der Waals surface area contributed by atoms with Crippen LogP contribution in [-0.2, 0) is 23.9 Å². The molecule has 2 rings (SSSR count). The molecule has 148 valence electrons. The second kappa shape index (κ2) is 8.32. The van der Waals surface area contributed by atoms with Crippen LogP contribution >= 0.6 is 23.2 Å². The minimum Gasteiger partial charge on any atom is -0.492 e. The number of esters is 1. The molecule has 0 bridgehead atoms. The summed E-state index contributed by atoms with van der Waals surface area (Å²) >= 11 is 12.0. The fourth-order valence-corrected chi connectivity index (χ4v) is 3.04. The Bertz CT molecular complexity index is 932. The van der Waals surface area contributed by atoms with Gasteiger partial charge in [-0.15, -0.1) is 0 Å². The monoisotopic (exact) mass is 440 g/mol. The van der Waals surface area contributed by atoms with Crippen molar-refractivity contribution in [3.05, 3.63) is 39.3 Å². The number of hydrogen-bond acceptors (Lipinski definition) is 8. The van der Waals surface area contributed by atoms with Crippen LogP contribution in [0.5, 0.6) is 5.75 Å². The van der Waals surface area contributed by atoms with Gasteiger partial charge in [0.1, 0.15) is 11.4 Å². The van der Waals surface area contributed by atoms with Gasteiger partial charge in [0.15, 0.2) is 11.6 Å². The Morgan fingerprint density at radius 2 is 2.00 bits per heavy atom. The molecule has 0 saturated heterocycles. The molecule has 1 aromatic rings. The summed E-state index contributed by atoms with van der Waals surface area (Å²) < 4.78 is 51.1. The molecule has 12 heteroatoms. The van der Waals surface area contributed by atoms with Gasteiger partial charge in [0.2, 0.25) is 0 Å². The fourth-order valence-electron chi connectivity index (χ4n) is 2.35. The molecule has 1 aromatic carbocycles. The van der Waals surface area contributed by atoms with E-state index in [0.29, 0.717) is 0 Å². The lowest BCUT2D eigenvalue weighted by Gasteiger charge is -2.27. The van der Waals surface area contributed by atoms with Crippen LogP contribution in [0.4, 0.5) is 4.39 Å². The van der Waals surface area contributed by atoms with Crippen molar-refractivity contribution in [1.29, 1.82) is 0 Å². The van der Waals surface area contributed by atoms with Crippen LogP contribution in [0.2, 0.25) is 5.02 Å². The summed E-state index contributed by atoms with van der Waals surface area (Å²) in [5.74, 6) is -1.78. The summed E-state index contributed by atoms with van der Waals surface area (Å²) in [5, 5.41) is 6.09. The highest BCUT2D eigenvalue weighted by atomic mass is 35.5. The Morgan fingerprint density at radius 1 is 1.33 bits per heavy atom. The van der Waals surface area contributed by atoms with E-state index in [4.69, 9.17) is 27.9 Å². The summed E-state index contributed by atoms with van der Waals surface area (Å²) in [6.45, 7) is 0. The molecular weight excluding hydrogens is 426 g/mol. The van der Waals surface area contributed by atoms with Gasteiger partial charge < -0.3 is 14.8 Å². The third-order valence-electron chi connectivity index (χ3n) is 3.52. The number of benzene rings is 1. The van der Waals surface area contributed by atoms with Gasteiger partial charge in [-0.1, -0.05) is 34.4 Å². The van der Waals surface area contributed by atoms with Crippen LogP contribution in [0.15, 0.2) is 28.0 Å². The highest BCUT2D eigenvalue weighted by Crippen LogP contribution is 2.36. The van der Waals surface area contributed by atoms with Crippen LogP contribution in [0.3, 0.4) is 0 Å². The third kappa shape index (κ3) is 4.82. The van der Waals surface area contributed by atoms with Crippen LogP contribution in [0.25, 0.3) is 0 Å². The number of rotatable bonds is 5. The molecule has 1 aliphatic heterocycles. The lowest BCUT2D eigenvalue weighted by Crippen LogP contribution is -2.35. The first kappa shape index (κ1) is 21.3. The molecule has 0 fully saturated rings. The van der Waals surface area contributed by atoms with Gasteiger partial charge in [-0.3, -0.25) is 4.28 Å². The molecule has 1 N–H and O–H groups in total. The maximum atomic E-state index is 14.7. The van der Waals surface area contributed by atoms with E-state index in [2.05, 4.69) is 19.5 Å². The molecular formula is C15H15Cl2FN2O6S. The van der Waals surface area contributed by atoms with Gasteiger partial charge in [0.05, 0.1) is 36.6 Å². The van der Waals surface area contributed by atoms with E-state index in [1.165, 1.54) is 19.2 Å². The molecule has 1 heterocycles. The van der Waals surface area contributed by atoms with Gasteiger partial charge in [-0.2, -0.15) is 8.42 Å². The van der Waals surface area contributed by atoms with Crippen LogP contribution in [0, 0.1) is 5.82 Å². The van der Waals surface area contributed by atoms with Crippen LogP contribution in [-0.4, -0.2) is 40.6 Å². The van der Waals surface area contributed by atoms with Crippen molar-refractivity contribution in [2.24, 2.45) is 5.16 Å². The predicted octanol–water partition coefficient (Wildman–Crippen LogP) is 2.48. The highest BCUT2D eigenvalue weighted by Gasteiger charge is 2.33. The number of carbonyl (C=O) groups excluding carboxylic acids is 1. The topological polar surface area (TPSA) is 103 Å². The lowest BCUT2D eigenvalue weighted by molar-refractivity contribution is -0.136. The number of oxime groups is 1. The van der Waals surface area contributed by atoms with E-state index >= 15 is 0 Å². The number of allylic oxidation sites excluding steroid dienone is 1. The van der Waals surface area contributed by atoms with Gasteiger partial charge in [0, 0.05) is 12.0 Å². The molecule has 0 radical (unpaired) electrons. The Morgan fingerprint density at radius 3 is 2.56 bits per heavy atom. The van der Waals surface area contributed by atoms with E-state index in [1.807, 2.05) is 0 Å². The zero-order valence-electron chi connectivity index (χ0n) is 14.4. The van der Waals surface area contributed by atoms with Gasteiger partial charge >= 0.3 is 16.1 Å². The van der Waals surface area contributed by atoms with Gasteiger partial charge in [0.25, 0.3) is 0 Å². The van der Waals surface area contributed by atoms with Crippen molar-refractivity contribution in [2.45, 2.75) is 12.5 Å². The Kier molecular flexibility index (Phi) is 6.55. The minimum absolute atomic E-state index is 0.0608. The smallest absolute Gasteiger partial charge is 0.355 e. The number of nitrogens with zero attached hydrogens (tertiary/aromatic N) is 1. The number of halogens is 3. The number of ether oxygens (including phenoxy) is 2. The molecule has 0 amide bonds. The maximum absolute atomic E-state index is 14.7. The van der Waals surface area contributed by atoms with Crippen LogP contribution < -0.4 is 10.1 Å². The molecule has 1 unspecified atom stereocenters. The van der Waals surface area contributed by atoms with Crippen molar-refractivity contribution < 1.29 is 31.4 Å². The molecule has 8 nitrogen and oxygen atoms in total. The quantitative estimate of drug-likeness (QED) is 0.553. The first-order valence-corrected chi connectivity index (χ1v) is 9.88. The second-order valence-corrected chi connectivity index (χ2v) is 7.72. The molecule has 1 atom stereocenters. The Labute approximate surface area is 165 Å². The number of nitrogens with one attached hydrogen (secondary N) is 1. The number of methoxy groups -OCH3 is 2. The summed E-state index contributed by atoms with van der Waals surface area (Å²) in [4.78, 5) is 12.0. The van der Waals surface area contributed by atoms with Crippen molar-refractivity contribution in [1.82, 2.24) is 5.32 Å². The SMILES string of the molecule is COC(=O)C1=C(Cl)/C(=N/OS(C)(=O)=O)CC(c2ccc(Cl)c(OC)c2F)N1. The summed E-state index contributed by atoms with van der Waals surface area (Å²) in [7, 11) is -1.53. The average molecular weight is 441 g/mol. The normalized spacial score (nSPS) is 18.9. The Hall–Kier alpha value is -2.04. The van der Waals surface area contributed by atoms with E-state index in [1.54, 1.807) is 0 Å². The maximum Gasteiger partial charge on any atom is 0.355 e. The first-order valence-electron chi connectivity index (χ1n) is 7.31. The van der Waals surface area contributed by atoms with Crippen molar-refractivity contribution in [2.75, 3.05) is 20.5 Å². The molecule has 0 aromatic heterocycles. The van der Waals surface area contributed by atoms with Crippen molar-refractivity contribution >= 4 is 45.0 Å². The Balaban J connectivity index is 2.54. The number of hydrogen-bond donors (Lipinski definition) is 1. The molecule has 1 aliphatic rings. The summed E-state index contributed by atoms with van der Waals surface area (Å²) in [6.07, 6.45) is 0.703. The number of carbonyl (C=O) groups is 1. The van der Waals surface area contributed by atoms with E-state index in [-0.39, 0.29) is 39.2 Å². The van der Waals surface area contributed by atoms with Gasteiger partial charge in [-0.25, -0.2) is 9.18 Å². The fraction of sp³-hybridized carbons (Fsp3) is 0.333. The summed E-state index contributed by atoms with van der Waals surface area (Å²) in [6, 6.07) is 1.96. The zero-order valence-corrected chi connectivity index (χ0v) is 16.7. The first-order chi connectivity index (χ1) is 12.6. The summed E-state index contributed by atoms with van der Waals surface area (Å²) in [5.41, 5.74) is -0.215. The lowest BCUT2D eigenvalue weighted by atomic mass is 9.96. The minimum atomic E-state index is -3.91. The van der Waals surface area contributed by atoms with Crippen molar-refractivity contribution in [3.63, 3.8) is 0 Å². The third-order valence-corrected chi connectivity index (χ3v) is 4.57. The average Bonchev–Trinajstić information content (AvgIpc) is 2.60. The molecule has 0 saturated carbocycles. The zero-order chi connectivity index (χ0) is 20.4. The highest BCUT2D eigenvalue weighted by molar-refractivity contribution is 7.85. The molecule has 0 spiro atoms. The second-order valence-electron chi connectivity index (χ2n) is 5.38. The molecule has 0 aliphatic carbocycles. The van der Waals surface area contributed by atoms with E-state index in [0.717, 1.165) is 13.4 Å². The van der Waals surface area contributed by atoms with Crippen LogP contribution in [0.1, 0.15) is 18.0 Å². The van der Waals surface area contributed by atoms with E-state index < -0.39 is 27.9 Å². The van der Waals surface area contributed by atoms with E-state index in [9.17, 15) is 17.6 Å².